The number of aromatic nitrogens is 2. The van der Waals surface area contributed by atoms with Crippen LogP contribution in [0.4, 0.5) is 0 Å². The third-order valence-corrected chi connectivity index (χ3v) is 4.07. The average Bonchev–Trinajstić information content (AvgIpc) is 2.99. The van der Waals surface area contributed by atoms with Gasteiger partial charge in [-0.15, -0.1) is 11.3 Å². The zero-order chi connectivity index (χ0) is 13.2. The number of hydrogen-bond acceptors (Lipinski definition) is 2. The Kier molecular flexibility index (Phi) is 3.38. The Balaban J connectivity index is 2.06. The van der Waals surface area contributed by atoms with Gasteiger partial charge in [-0.25, -0.2) is 4.98 Å². The summed E-state index contributed by atoms with van der Waals surface area (Å²) in [5.74, 6) is 1.80. The number of hydrogen-bond donors (Lipinski definition) is 0. The van der Waals surface area contributed by atoms with E-state index in [1.807, 2.05) is 0 Å². The first kappa shape index (κ1) is 12.4. The van der Waals surface area contributed by atoms with E-state index in [9.17, 15) is 0 Å². The molecule has 19 heavy (non-hydrogen) atoms. The van der Waals surface area contributed by atoms with Gasteiger partial charge in [0.15, 0.2) is 0 Å². The van der Waals surface area contributed by atoms with Gasteiger partial charge in [0, 0.05) is 17.8 Å². The molecule has 0 spiro atoms. The lowest BCUT2D eigenvalue weighted by Gasteiger charge is -2.11. The molecule has 3 rings (SSSR count). The first-order chi connectivity index (χ1) is 9.24. The normalized spacial score (nSPS) is 11.5. The van der Waals surface area contributed by atoms with Crippen molar-refractivity contribution in [2.75, 3.05) is 0 Å². The van der Waals surface area contributed by atoms with Crippen molar-refractivity contribution in [3.8, 4) is 0 Å². The summed E-state index contributed by atoms with van der Waals surface area (Å²) in [5.41, 5.74) is 2.36. The second-order valence-corrected chi connectivity index (χ2v) is 6.31. The molecule has 0 unspecified atom stereocenters. The van der Waals surface area contributed by atoms with E-state index < -0.39 is 0 Å². The SMILES string of the molecule is CC(C)Cn1c(Cc2cccs2)nc2ccccc21. The second kappa shape index (κ2) is 5.17. The highest BCUT2D eigenvalue weighted by Gasteiger charge is 2.12. The first-order valence-corrected chi connectivity index (χ1v) is 7.58. The molecule has 0 saturated heterocycles. The average molecular weight is 270 g/mol. The van der Waals surface area contributed by atoms with E-state index >= 15 is 0 Å². The summed E-state index contributed by atoms with van der Waals surface area (Å²) in [5, 5.41) is 2.13. The van der Waals surface area contributed by atoms with Crippen molar-refractivity contribution in [3.63, 3.8) is 0 Å². The van der Waals surface area contributed by atoms with Crippen molar-refractivity contribution in [3.05, 3.63) is 52.5 Å². The van der Waals surface area contributed by atoms with Crippen LogP contribution in [0.2, 0.25) is 0 Å². The quantitative estimate of drug-likeness (QED) is 0.689. The fourth-order valence-corrected chi connectivity index (χ4v) is 3.10. The number of para-hydroxylation sites is 2. The van der Waals surface area contributed by atoms with Gasteiger partial charge in [-0.2, -0.15) is 0 Å². The van der Waals surface area contributed by atoms with Crippen LogP contribution in [-0.2, 0) is 13.0 Å². The summed E-state index contributed by atoms with van der Waals surface area (Å²) in [6.45, 7) is 5.54. The van der Waals surface area contributed by atoms with Crippen LogP contribution in [0.25, 0.3) is 11.0 Å². The fraction of sp³-hybridized carbons (Fsp3) is 0.312. The van der Waals surface area contributed by atoms with Crippen molar-refractivity contribution in [1.29, 1.82) is 0 Å². The third-order valence-electron chi connectivity index (χ3n) is 3.19. The molecule has 2 nitrogen and oxygen atoms in total. The summed E-state index contributed by atoms with van der Waals surface area (Å²) in [7, 11) is 0. The second-order valence-electron chi connectivity index (χ2n) is 5.28. The van der Waals surface area contributed by atoms with Gasteiger partial charge >= 0.3 is 0 Å². The number of rotatable bonds is 4. The molecule has 3 heteroatoms. The van der Waals surface area contributed by atoms with Crippen LogP contribution in [0.15, 0.2) is 41.8 Å². The molecule has 0 aliphatic carbocycles. The summed E-state index contributed by atoms with van der Waals surface area (Å²) >= 11 is 1.80. The molecule has 0 atom stereocenters. The minimum atomic E-state index is 0.625. The Morgan fingerprint density at radius 3 is 2.74 bits per heavy atom. The van der Waals surface area contributed by atoms with Crippen LogP contribution in [-0.4, -0.2) is 9.55 Å². The molecule has 0 fully saturated rings. The predicted molar refractivity (Wildman–Crippen MR) is 81.7 cm³/mol. The molecule has 0 aliphatic rings. The summed E-state index contributed by atoms with van der Waals surface area (Å²) in [4.78, 5) is 6.19. The molecule has 0 bridgehead atoms. The van der Waals surface area contributed by atoms with Gasteiger partial charge < -0.3 is 4.57 Å². The smallest absolute Gasteiger partial charge is 0.115 e. The van der Waals surface area contributed by atoms with E-state index in [0.29, 0.717) is 5.92 Å². The largest absolute Gasteiger partial charge is 0.327 e. The lowest BCUT2D eigenvalue weighted by atomic mass is 10.2. The van der Waals surface area contributed by atoms with Crippen molar-refractivity contribution in [2.45, 2.75) is 26.8 Å². The van der Waals surface area contributed by atoms with E-state index in [-0.39, 0.29) is 0 Å². The van der Waals surface area contributed by atoms with E-state index in [1.165, 1.54) is 16.2 Å². The van der Waals surface area contributed by atoms with E-state index in [2.05, 4.69) is 60.2 Å². The molecular weight excluding hydrogens is 252 g/mol. The molecule has 0 saturated carbocycles. The summed E-state index contributed by atoms with van der Waals surface area (Å²) in [6.07, 6.45) is 0.930. The Morgan fingerprint density at radius 2 is 2.00 bits per heavy atom. The minimum absolute atomic E-state index is 0.625. The molecule has 0 aliphatic heterocycles. The first-order valence-electron chi connectivity index (χ1n) is 6.70. The predicted octanol–water partition coefficient (Wildman–Crippen LogP) is 4.34. The van der Waals surface area contributed by atoms with Crippen LogP contribution in [0.5, 0.6) is 0 Å². The Bertz CT molecular complexity index is 665. The topological polar surface area (TPSA) is 17.8 Å². The number of imidazole rings is 1. The molecule has 0 N–H and O–H groups in total. The minimum Gasteiger partial charge on any atom is -0.327 e. The van der Waals surface area contributed by atoms with Crippen molar-refractivity contribution >= 4 is 22.4 Å². The molecule has 2 heterocycles. The lowest BCUT2D eigenvalue weighted by Crippen LogP contribution is -2.08. The van der Waals surface area contributed by atoms with Gasteiger partial charge in [0.25, 0.3) is 0 Å². The monoisotopic (exact) mass is 270 g/mol. The van der Waals surface area contributed by atoms with Crippen LogP contribution in [0.3, 0.4) is 0 Å². The van der Waals surface area contributed by atoms with Gasteiger partial charge in [0.05, 0.1) is 11.0 Å². The highest BCUT2D eigenvalue weighted by atomic mass is 32.1. The van der Waals surface area contributed by atoms with Gasteiger partial charge in [-0.05, 0) is 29.5 Å². The standard InChI is InChI=1S/C16H18N2S/c1-12(2)11-18-15-8-4-3-7-14(15)17-16(18)10-13-6-5-9-19-13/h3-9,12H,10-11H2,1-2H3. The molecule has 0 amide bonds. The summed E-state index contributed by atoms with van der Waals surface area (Å²) in [6, 6.07) is 12.7. The van der Waals surface area contributed by atoms with Gasteiger partial charge in [0.1, 0.15) is 5.82 Å². The van der Waals surface area contributed by atoms with Crippen LogP contribution >= 0.6 is 11.3 Å². The van der Waals surface area contributed by atoms with Crippen molar-refractivity contribution in [2.24, 2.45) is 5.92 Å². The van der Waals surface area contributed by atoms with Crippen LogP contribution in [0, 0.1) is 5.92 Å². The van der Waals surface area contributed by atoms with Crippen LogP contribution in [0.1, 0.15) is 24.5 Å². The van der Waals surface area contributed by atoms with Crippen molar-refractivity contribution < 1.29 is 0 Å². The summed E-state index contributed by atoms with van der Waals surface area (Å²) < 4.78 is 2.37. The Labute approximate surface area is 117 Å². The molecule has 3 aromatic rings. The number of benzene rings is 1. The molecular formula is C16H18N2S. The Morgan fingerprint density at radius 1 is 1.16 bits per heavy atom. The Hall–Kier alpha value is -1.61. The molecule has 0 radical (unpaired) electrons. The molecule has 2 aromatic heterocycles. The van der Waals surface area contributed by atoms with Gasteiger partial charge in [-0.1, -0.05) is 32.0 Å². The fourth-order valence-electron chi connectivity index (χ4n) is 2.40. The van der Waals surface area contributed by atoms with Gasteiger partial charge in [0.2, 0.25) is 0 Å². The van der Waals surface area contributed by atoms with Crippen LogP contribution < -0.4 is 0 Å². The zero-order valence-corrected chi connectivity index (χ0v) is 12.2. The van der Waals surface area contributed by atoms with Crippen molar-refractivity contribution in [1.82, 2.24) is 9.55 Å². The van der Waals surface area contributed by atoms with Gasteiger partial charge in [-0.3, -0.25) is 0 Å². The lowest BCUT2D eigenvalue weighted by molar-refractivity contribution is 0.520. The maximum absolute atomic E-state index is 4.81. The zero-order valence-electron chi connectivity index (χ0n) is 11.3. The number of thiophene rings is 1. The number of fused-ring (bicyclic) bond motifs is 1. The van der Waals surface area contributed by atoms with E-state index in [0.717, 1.165) is 18.5 Å². The molecule has 98 valence electrons. The highest BCUT2D eigenvalue weighted by molar-refractivity contribution is 7.09. The van der Waals surface area contributed by atoms with E-state index in [1.54, 1.807) is 11.3 Å². The maximum atomic E-state index is 4.81. The van der Waals surface area contributed by atoms with E-state index in [4.69, 9.17) is 4.98 Å². The maximum Gasteiger partial charge on any atom is 0.115 e. The highest BCUT2D eigenvalue weighted by Crippen LogP contribution is 2.21. The number of nitrogens with zero attached hydrogens (tertiary/aromatic N) is 2. The third kappa shape index (κ3) is 2.56. The molecule has 1 aromatic carbocycles.